The lowest BCUT2D eigenvalue weighted by atomic mass is 10.0. The second-order valence-corrected chi connectivity index (χ2v) is 9.44. The summed E-state index contributed by atoms with van der Waals surface area (Å²) in [6.45, 7) is 0. The van der Waals surface area contributed by atoms with Gasteiger partial charge in [0.25, 0.3) is 10.0 Å². The van der Waals surface area contributed by atoms with Crippen LogP contribution >= 0.6 is 11.6 Å². The number of nitrogens with two attached hydrogens (primary N) is 1. The van der Waals surface area contributed by atoms with E-state index in [1.165, 1.54) is 24.5 Å². The van der Waals surface area contributed by atoms with E-state index in [1.807, 2.05) is 4.72 Å². The Balaban J connectivity index is 1.52. The number of halogens is 3. The predicted molar refractivity (Wildman–Crippen MR) is 128 cm³/mol. The van der Waals surface area contributed by atoms with Crippen LogP contribution in [0.25, 0.3) is 22.1 Å². The molecule has 5 rings (SSSR count). The third kappa shape index (κ3) is 4.39. The number of sulfonamides is 1. The van der Waals surface area contributed by atoms with E-state index in [4.69, 9.17) is 26.6 Å². The SMILES string of the molecule is Nc1noc2ccc(-c3c(Cl)cccc3Oc3cc(F)c(S(=O)(=O)Nc4ncccn4)cc3F)cc12. The highest BCUT2D eigenvalue weighted by atomic mass is 35.5. The Bertz CT molecular complexity index is 1720. The predicted octanol–water partition coefficient (Wildman–Crippen LogP) is 5.39. The monoisotopic (exact) mass is 529 g/mol. The minimum Gasteiger partial charge on any atom is -0.453 e. The molecule has 0 aliphatic carbocycles. The van der Waals surface area contributed by atoms with Gasteiger partial charge in [0.2, 0.25) is 5.95 Å². The van der Waals surface area contributed by atoms with Crippen molar-refractivity contribution in [2.75, 3.05) is 10.5 Å². The van der Waals surface area contributed by atoms with Crippen LogP contribution in [-0.2, 0) is 10.0 Å². The van der Waals surface area contributed by atoms with E-state index in [9.17, 15) is 17.2 Å². The number of nitrogen functional groups attached to an aromatic ring is 1. The number of rotatable bonds is 6. The first-order valence-corrected chi connectivity index (χ1v) is 12.0. The zero-order valence-electron chi connectivity index (χ0n) is 17.9. The molecule has 3 N–H and O–H groups in total. The van der Waals surface area contributed by atoms with Crippen LogP contribution in [0.1, 0.15) is 0 Å². The molecule has 36 heavy (non-hydrogen) atoms. The molecule has 2 heterocycles. The smallest absolute Gasteiger partial charge is 0.267 e. The summed E-state index contributed by atoms with van der Waals surface area (Å²) in [5, 5.41) is 4.49. The van der Waals surface area contributed by atoms with Gasteiger partial charge < -0.3 is 15.0 Å². The van der Waals surface area contributed by atoms with Crippen molar-refractivity contribution < 1.29 is 26.5 Å². The molecule has 182 valence electrons. The lowest BCUT2D eigenvalue weighted by molar-refractivity contribution is 0.433. The van der Waals surface area contributed by atoms with Crippen molar-refractivity contribution in [3.63, 3.8) is 0 Å². The number of nitrogens with zero attached hydrogens (tertiary/aromatic N) is 3. The summed E-state index contributed by atoms with van der Waals surface area (Å²) in [5.41, 5.74) is 7.19. The van der Waals surface area contributed by atoms with Gasteiger partial charge in [-0.1, -0.05) is 28.9 Å². The Kier molecular flexibility index (Phi) is 5.90. The fourth-order valence-electron chi connectivity index (χ4n) is 3.42. The molecule has 0 fully saturated rings. The molecule has 9 nitrogen and oxygen atoms in total. The van der Waals surface area contributed by atoms with Crippen LogP contribution in [0.3, 0.4) is 0 Å². The number of ether oxygens (including phenoxy) is 1. The molecule has 0 aliphatic heterocycles. The maximum Gasteiger partial charge on any atom is 0.267 e. The van der Waals surface area contributed by atoms with E-state index >= 15 is 0 Å². The van der Waals surface area contributed by atoms with E-state index in [2.05, 4.69) is 15.1 Å². The molecule has 3 aromatic carbocycles. The van der Waals surface area contributed by atoms with Crippen molar-refractivity contribution in [2.24, 2.45) is 0 Å². The Morgan fingerprint density at radius 2 is 1.75 bits per heavy atom. The van der Waals surface area contributed by atoms with Crippen LogP contribution in [0.4, 0.5) is 20.5 Å². The first-order chi connectivity index (χ1) is 17.2. The van der Waals surface area contributed by atoms with Gasteiger partial charge in [-0.2, -0.15) is 0 Å². The Hall–Kier alpha value is -4.29. The fourth-order valence-corrected chi connectivity index (χ4v) is 4.73. The van der Waals surface area contributed by atoms with Crippen molar-refractivity contribution in [2.45, 2.75) is 4.90 Å². The summed E-state index contributed by atoms with van der Waals surface area (Å²) in [6, 6.07) is 12.2. The molecule has 0 bridgehead atoms. The lowest BCUT2D eigenvalue weighted by Gasteiger charge is -2.15. The van der Waals surface area contributed by atoms with Gasteiger partial charge in [0.1, 0.15) is 16.5 Å². The number of aromatic nitrogens is 3. The number of fused-ring (bicyclic) bond motifs is 1. The van der Waals surface area contributed by atoms with Gasteiger partial charge in [0.05, 0.1) is 10.4 Å². The maximum absolute atomic E-state index is 15.0. The Morgan fingerprint density at radius 1 is 0.972 bits per heavy atom. The first-order valence-electron chi connectivity index (χ1n) is 10.1. The molecular weight excluding hydrogens is 516 g/mol. The molecule has 0 radical (unpaired) electrons. The molecule has 0 saturated heterocycles. The molecule has 0 spiro atoms. The molecule has 0 saturated carbocycles. The zero-order chi connectivity index (χ0) is 25.4. The van der Waals surface area contributed by atoms with E-state index in [0.717, 1.165) is 0 Å². The van der Waals surface area contributed by atoms with Gasteiger partial charge in [-0.05, 0) is 35.9 Å². The molecule has 13 heteroatoms. The van der Waals surface area contributed by atoms with Crippen molar-refractivity contribution in [3.8, 4) is 22.6 Å². The minimum absolute atomic E-state index is 0.0848. The maximum atomic E-state index is 15.0. The standard InChI is InChI=1S/C23H14ClF2N5O4S/c24-14-3-1-4-18(21(14)12-5-6-17-13(9-12)22(27)30-35-17)34-19-10-16(26)20(11-15(19)25)36(32,33)31-23-28-7-2-8-29-23/h1-11H,(H2,27,30)(H,28,29,31). The van der Waals surface area contributed by atoms with Crippen LogP contribution in [0.5, 0.6) is 11.5 Å². The van der Waals surface area contributed by atoms with Gasteiger partial charge in [0, 0.05) is 30.1 Å². The highest BCUT2D eigenvalue weighted by Crippen LogP contribution is 2.41. The van der Waals surface area contributed by atoms with Crippen molar-refractivity contribution in [1.29, 1.82) is 0 Å². The van der Waals surface area contributed by atoms with Crippen molar-refractivity contribution in [1.82, 2.24) is 15.1 Å². The van der Waals surface area contributed by atoms with E-state index in [0.29, 0.717) is 34.2 Å². The summed E-state index contributed by atoms with van der Waals surface area (Å²) in [6.07, 6.45) is 2.58. The van der Waals surface area contributed by atoms with Crippen LogP contribution in [0, 0.1) is 11.6 Å². The molecule has 2 aromatic heterocycles. The van der Waals surface area contributed by atoms with Crippen molar-refractivity contribution >= 4 is 44.4 Å². The second kappa shape index (κ2) is 9.06. The average Bonchev–Trinajstić information content (AvgIpc) is 3.21. The molecule has 0 atom stereocenters. The molecule has 5 aromatic rings. The topological polar surface area (TPSA) is 133 Å². The summed E-state index contributed by atoms with van der Waals surface area (Å²) >= 11 is 6.41. The normalized spacial score (nSPS) is 11.5. The van der Waals surface area contributed by atoms with Crippen LogP contribution in [-0.4, -0.2) is 23.5 Å². The average molecular weight is 530 g/mol. The van der Waals surface area contributed by atoms with Crippen LogP contribution < -0.4 is 15.2 Å². The number of benzene rings is 3. The van der Waals surface area contributed by atoms with E-state index in [-0.39, 0.29) is 22.5 Å². The lowest BCUT2D eigenvalue weighted by Crippen LogP contribution is -2.16. The third-order valence-electron chi connectivity index (χ3n) is 5.05. The number of hydrogen-bond donors (Lipinski definition) is 2. The van der Waals surface area contributed by atoms with E-state index < -0.39 is 32.3 Å². The molecular formula is C23H14ClF2N5O4S. The number of anilines is 2. The highest BCUT2D eigenvalue weighted by molar-refractivity contribution is 7.92. The largest absolute Gasteiger partial charge is 0.453 e. The summed E-state index contributed by atoms with van der Waals surface area (Å²) in [5.74, 6) is -2.99. The summed E-state index contributed by atoms with van der Waals surface area (Å²) in [4.78, 5) is 6.48. The van der Waals surface area contributed by atoms with Gasteiger partial charge in [-0.15, -0.1) is 0 Å². The highest BCUT2D eigenvalue weighted by Gasteiger charge is 2.24. The van der Waals surface area contributed by atoms with Gasteiger partial charge in [0.15, 0.2) is 23.0 Å². The zero-order valence-corrected chi connectivity index (χ0v) is 19.5. The molecule has 0 aliphatic rings. The van der Waals surface area contributed by atoms with Gasteiger partial charge in [-0.25, -0.2) is 31.9 Å². The minimum atomic E-state index is -4.53. The van der Waals surface area contributed by atoms with Crippen molar-refractivity contribution in [3.05, 3.63) is 83.6 Å². The van der Waals surface area contributed by atoms with Crippen LogP contribution in [0.15, 0.2) is 76.4 Å². The quantitative estimate of drug-likeness (QED) is 0.299. The molecule has 0 amide bonds. The summed E-state index contributed by atoms with van der Waals surface area (Å²) in [7, 11) is -4.53. The van der Waals surface area contributed by atoms with Gasteiger partial charge in [-0.3, -0.25) is 0 Å². The first kappa shape index (κ1) is 23.5. The number of hydrogen-bond acceptors (Lipinski definition) is 8. The number of nitrogens with one attached hydrogen (secondary N) is 1. The Morgan fingerprint density at radius 3 is 2.53 bits per heavy atom. The Labute approximate surface area is 207 Å². The molecule has 0 unspecified atom stereocenters. The summed E-state index contributed by atoms with van der Waals surface area (Å²) < 4.78 is 67.7. The second-order valence-electron chi connectivity index (χ2n) is 7.38. The third-order valence-corrected chi connectivity index (χ3v) is 6.71. The van der Waals surface area contributed by atoms with Crippen LogP contribution in [0.2, 0.25) is 5.02 Å². The fraction of sp³-hybridized carbons (Fsp3) is 0. The van der Waals surface area contributed by atoms with E-state index in [1.54, 1.807) is 30.3 Å². The van der Waals surface area contributed by atoms with Gasteiger partial charge >= 0.3 is 0 Å².